The number of nitrogens with zero attached hydrogens (tertiary/aromatic N) is 3. The minimum Gasteiger partial charge on any atom is -0.327 e. The Hall–Kier alpha value is -2.50. The first-order chi connectivity index (χ1) is 12.2. The van der Waals surface area contributed by atoms with Gasteiger partial charge in [-0.15, -0.1) is 0 Å². The van der Waals surface area contributed by atoms with Gasteiger partial charge in [0.2, 0.25) is 0 Å². The van der Waals surface area contributed by atoms with Gasteiger partial charge in [0.15, 0.2) is 0 Å². The Morgan fingerprint density at radius 2 is 2.16 bits per heavy atom. The van der Waals surface area contributed by atoms with E-state index in [1.54, 1.807) is 6.20 Å². The highest BCUT2D eigenvalue weighted by Gasteiger charge is 2.57. The summed E-state index contributed by atoms with van der Waals surface area (Å²) in [5.74, 6) is 1.32. The largest absolute Gasteiger partial charge is 0.327 e. The van der Waals surface area contributed by atoms with E-state index in [4.69, 9.17) is 0 Å². The number of aromatic amines is 1. The van der Waals surface area contributed by atoms with Crippen molar-refractivity contribution in [3.05, 3.63) is 58.0 Å². The highest BCUT2D eigenvalue weighted by Crippen LogP contribution is 2.57. The molecule has 1 aliphatic heterocycles. The Morgan fingerprint density at radius 1 is 1.28 bits per heavy atom. The van der Waals surface area contributed by atoms with Crippen LogP contribution in [0.5, 0.6) is 0 Å². The van der Waals surface area contributed by atoms with Crippen LogP contribution in [0.4, 0.5) is 0 Å². The summed E-state index contributed by atoms with van der Waals surface area (Å²) < 4.78 is 0. The third kappa shape index (κ3) is 2.16. The fraction of sp³-hybridized carbons (Fsp3) is 0.474. The van der Waals surface area contributed by atoms with Crippen LogP contribution in [0.2, 0.25) is 0 Å². The third-order valence-electron chi connectivity index (χ3n) is 6.08. The Kier molecular flexibility index (Phi) is 3.11. The monoisotopic (exact) mass is 336 g/mol. The van der Waals surface area contributed by atoms with Gasteiger partial charge >= 0.3 is 0 Å². The van der Waals surface area contributed by atoms with E-state index in [2.05, 4.69) is 21.0 Å². The molecule has 3 fully saturated rings. The molecule has 6 nitrogen and oxygen atoms in total. The second kappa shape index (κ2) is 5.25. The molecule has 5 rings (SSSR count). The molecule has 0 spiro atoms. The molecule has 6 heteroatoms. The van der Waals surface area contributed by atoms with Crippen LogP contribution in [0.3, 0.4) is 0 Å². The van der Waals surface area contributed by atoms with Crippen molar-refractivity contribution in [2.75, 3.05) is 6.54 Å². The van der Waals surface area contributed by atoms with Crippen LogP contribution in [0.15, 0.2) is 35.4 Å². The zero-order chi connectivity index (χ0) is 17.0. The van der Waals surface area contributed by atoms with Crippen molar-refractivity contribution in [1.29, 1.82) is 0 Å². The molecular weight excluding hydrogens is 316 g/mol. The van der Waals surface area contributed by atoms with Crippen molar-refractivity contribution in [2.24, 2.45) is 5.92 Å². The molecule has 2 aromatic rings. The number of amides is 1. The molecule has 2 aliphatic carbocycles. The molecule has 3 heterocycles. The number of fused-ring (bicyclic) bond motifs is 1. The van der Waals surface area contributed by atoms with E-state index in [1.807, 2.05) is 17.2 Å². The summed E-state index contributed by atoms with van der Waals surface area (Å²) in [6, 6.07) is 5.33. The summed E-state index contributed by atoms with van der Waals surface area (Å²) in [7, 11) is 0. The predicted molar refractivity (Wildman–Crippen MR) is 91.1 cm³/mol. The molecule has 3 aliphatic rings. The zero-order valence-corrected chi connectivity index (χ0v) is 13.9. The number of H-pyrrole nitrogens is 1. The maximum absolute atomic E-state index is 13.3. The lowest BCUT2D eigenvalue weighted by Crippen LogP contribution is -2.54. The van der Waals surface area contributed by atoms with E-state index in [0.29, 0.717) is 24.2 Å². The van der Waals surface area contributed by atoms with Gasteiger partial charge in [-0.05, 0) is 49.7 Å². The Balaban J connectivity index is 1.54. The summed E-state index contributed by atoms with van der Waals surface area (Å²) in [6.07, 6.45) is 8.79. The van der Waals surface area contributed by atoms with E-state index < -0.39 is 0 Å². The van der Waals surface area contributed by atoms with Crippen LogP contribution < -0.4 is 5.56 Å². The maximum atomic E-state index is 13.3. The Labute approximate surface area is 145 Å². The molecule has 128 valence electrons. The van der Waals surface area contributed by atoms with E-state index in [9.17, 15) is 9.59 Å². The van der Waals surface area contributed by atoms with Gasteiger partial charge in [-0.25, -0.2) is 4.98 Å². The zero-order valence-electron chi connectivity index (χ0n) is 13.9. The number of hydrogen-bond donors (Lipinski definition) is 1. The second-order valence-corrected chi connectivity index (χ2v) is 7.44. The molecule has 0 aromatic carbocycles. The van der Waals surface area contributed by atoms with Gasteiger partial charge in [-0.3, -0.25) is 14.6 Å². The standard InChI is InChI=1S/C19H20N4O2/c24-16-10-15(21-17(22-16)12-3-4-12)18(25)23-9-6-13-5-7-19(13,23)14-2-1-8-20-11-14/h1-2,8,10-13H,3-7,9H2,(H,21,22,24)/t13-,19-/m0/s1. The molecule has 0 unspecified atom stereocenters. The predicted octanol–water partition coefficient (Wildman–Crippen LogP) is 2.19. The number of carbonyl (C=O) groups excluding carboxylic acids is 1. The summed E-state index contributed by atoms with van der Waals surface area (Å²) in [4.78, 5) is 38.7. The van der Waals surface area contributed by atoms with E-state index in [1.165, 1.54) is 6.07 Å². The minimum absolute atomic E-state index is 0.126. The van der Waals surface area contributed by atoms with Gasteiger partial charge < -0.3 is 9.88 Å². The lowest BCUT2D eigenvalue weighted by Gasteiger charge is -2.50. The quantitative estimate of drug-likeness (QED) is 0.932. The first-order valence-corrected chi connectivity index (χ1v) is 9.02. The SMILES string of the molecule is O=C(c1cc(=O)[nH]c(C2CC2)n1)N1CC[C@@H]2CC[C@@]21c1cccnc1. The fourth-order valence-electron chi connectivity index (χ4n) is 4.56. The first-order valence-electron chi connectivity index (χ1n) is 9.02. The van der Waals surface area contributed by atoms with E-state index >= 15 is 0 Å². The number of nitrogens with one attached hydrogen (secondary N) is 1. The number of rotatable bonds is 3. The van der Waals surface area contributed by atoms with Gasteiger partial charge in [0.05, 0.1) is 5.54 Å². The number of aromatic nitrogens is 3. The number of hydrogen-bond acceptors (Lipinski definition) is 4. The van der Waals surface area contributed by atoms with Crippen LogP contribution in [0, 0.1) is 5.92 Å². The van der Waals surface area contributed by atoms with Crippen LogP contribution in [-0.2, 0) is 5.54 Å². The van der Waals surface area contributed by atoms with Gasteiger partial charge in [-0.2, -0.15) is 0 Å². The van der Waals surface area contributed by atoms with Crippen LogP contribution >= 0.6 is 0 Å². The summed E-state index contributed by atoms with van der Waals surface area (Å²) in [6.45, 7) is 0.714. The van der Waals surface area contributed by atoms with Crippen molar-refractivity contribution >= 4 is 5.91 Å². The van der Waals surface area contributed by atoms with Gasteiger partial charge in [0.25, 0.3) is 11.5 Å². The minimum atomic E-state index is -0.268. The normalized spacial score (nSPS) is 27.7. The number of likely N-dealkylation sites (tertiary alicyclic amines) is 1. The molecule has 1 N–H and O–H groups in total. The van der Waals surface area contributed by atoms with E-state index in [0.717, 1.165) is 37.7 Å². The average molecular weight is 336 g/mol. The summed E-state index contributed by atoms with van der Waals surface area (Å²) in [5, 5.41) is 0. The molecule has 0 radical (unpaired) electrons. The van der Waals surface area contributed by atoms with Crippen molar-refractivity contribution < 1.29 is 4.79 Å². The maximum Gasteiger partial charge on any atom is 0.273 e. The summed E-state index contributed by atoms with van der Waals surface area (Å²) >= 11 is 0. The Bertz CT molecular complexity index is 890. The van der Waals surface area contributed by atoms with Crippen LogP contribution in [-0.4, -0.2) is 32.3 Å². The van der Waals surface area contributed by atoms with Crippen molar-refractivity contribution in [3.8, 4) is 0 Å². The fourth-order valence-corrected chi connectivity index (χ4v) is 4.56. The molecule has 2 saturated carbocycles. The molecule has 2 aromatic heterocycles. The van der Waals surface area contributed by atoms with E-state index in [-0.39, 0.29) is 22.7 Å². The lowest BCUT2D eigenvalue weighted by molar-refractivity contribution is 0.0137. The molecule has 0 bridgehead atoms. The van der Waals surface area contributed by atoms with Crippen molar-refractivity contribution in [1.82, 2.24) is 19.9 Å². The van der Waals surface area contributed by atoms with Crippen LogP contribution in [0.1, 0.15) is 59.9 Å². The molecule has 2 atom stereocenters. The third-order valence-corrected chi connectivity index (χ3v) is 6.08. The highest BCUT2D eigenvalue weighted by atomic mass is 16.2. The molecule has 1 amide bonds. The van der Waals surface area contributed by atoms with Crippen molar-refractivity contribution in [2.45, 2.75) is 43.6 Å². The smallest absolute Gasteiger partial charge is 0.273 e. The summed E-state index contributed by atoms with van der Waals surface area (Å²) in [5.41, 5.74) is 0.876. The number of pyridine rings is 1. The van der Waals surface area contributed by atoms with Crippen molar-refractivity contribution in [3.63, 3.8) is 0 Å². The average Bonchev–Trinajstić information content (AvgIpc) is 3.41. The highest BCUT2D eigenvalue weighted by molar-refractivity contribution is 5.93. The van der Waals surface area contributed by atoms with Gasteiger partial charge in [0, 0.05) is 30.9 Å². The molecule has 25 heavy (non-hydrogen) atoms. The topological polar surface area (TPSA) is 79.0 Å². The van der Waals surface area contributed by atoms with Gasteiger partial charge in [-0.1, -0.05) is 6.07 Å². The molecular formula is C19H20N4O2. The Morgan fingerprint density at radius 3 is 2.84 bits per heavy atom. The van der Waals surface area contributed by atoms with Gasteiger partial charge in [0.1, 0.15) is 11.5 Å². The lowest BCUT2D eigenvalue weighted by atomic mass is 9.64. The van der Waals surface area contributed by atoms with Crippen LogP contribution in [0.25, 0.3) is 0 Å². The first kappa shape index (κ1) is 14.8. The molecule has 1 saturated heterocycles. The number of carbonyl (C=O) groups is 1. The second-order valence-electron chi connectivity index (χ2n) is 7.44.